The summed E-state index contributed by atoms with van der Waals surface area (Å²) in [5.74, 6) is -0.778. The van der Waals surface area contributed by atoms with E-state index in [-0.39, 0.29) is 17.4 Å². The van der Waals surface area contributed by atoms with Gasteiger partial charge >= 0.3 is 0 Å². The average molecular weight is 312 g/mol. The number of nitrogens with zero attached hydrogens (tertiary/aromatic N) is 1. The Morgan fingerprint density at radius 1 is 1.18 bits per heavy atom. The molecule has 1 aromatic rings. The van der Waals surface area contributed by atoms with Crippen molar-refractivity contribution < 1.29 is 13.5 Å². The van der Waals surface area contributed by atoms with Gasteiger partial charge in [-0.25, -0.2) is 8.78 Å². The quantitative estimate of drug-likeness (QED) is 0.780. The van der Waals surface area contributed by atoms with E-state index in [0.717, 1.165) is 51.9 Å². The van der Waals surface area contributed by atoms with Gasteiger partial charge in [-0.15, -0.1) is 0 Å². The van der Waals surface area contributed by atoms with E-state index in [1.807, 2.05) is 0 Å². The van der Waals surface area contributed by atoms with E-state index in [9.17, 15) is 8.78 Å². The lowest BCUT2D eigenvalue weighted by Gasteiger charge is -2.35. The van der Waals surface area contributed by atoms with Crippen LogP contribution < -0.4 is 10.1 Å². The lowest BCUT2D eigenvalue weighted by molar-refractivity contribution is 0.156. The summed E-state index contributed by atoms with van der Waals surface area (Å²) < 4.78 is 33.9. The molecule has 1 heterocycles. The molecule has 1 fully saturated rings. The molecule has 0 saturated carbocycles. The van der Waals surface area contributed by atoms with Crippen LogP contribution in [0.4, 0.5) is 8.78 Å². The summed E-state index contributed by atoms with van der Waals surface area (Å²) in [6, 6.07) is 2.38. The van der Waals surface area contributed by atoms with Crippen molar-refractivity contribution in [2.45, 2.75) is 38.6 Å². The second kappa shape index (κ2) is 8.44. The zero-order chi connectivity index (χ0) is 15.9. The van der Waals surface area contributed by atoms with Crippen LogP contribution in [0.1, 0.15) is 44.2 Å². The number of unbranched alkanes of at least 4 members (excludes halogenated alkanes) is 2. The van der Waals surface area contributed by atoms with Crippen molar-refractivity contribution in [1.82, 2.24) is 10.2 Å². The second-order valence-electron chi connectivity index (χ2n) is 5.80. The molecular weight excluding hydrogens is 286 g/mol. The first-order valence-corrected chi connectivity index (χ1v) is 8.15. The molecule has 0 aliphatic carbocycles. The normalized spacial score (nSPS) is 17.5. The van der Waals surface area contributed by atoms with Crippen LogP contribution in [0.5, 0.6) is 5.75 Å². The molecule has 1 N–H and O–H groups in total. The molecule has 1 aliphatic rings. The Balaban J connectivity index is 2.26. The van der Waals surface area contributed by atoms with Crippen molar-refractivity contribution >= 4 is 0 Å². The number of ether oxygens (including phenoxy) is 1. The minimum Gasteiger partial charge on any atom is -0.497 e. The highest BCUT2D eigenvalue weighted by atomic mass is 19.1. The third-order valence-electron chi connectivity index (χ3n) is 4.29. The first-order valence-electron chi connectivity index (χ1n) is 8.15. The monoisotopic (exact) mass is 312 g/mol. The second-order valence-corrected chi connectivity index (χ2v) is 5.80. The van der Waals surface area contributed by atoms with Gasteiger partial charge in [0.15, 0.2) is 0 Å². The molecule has 124 valence electrons. The molecular formula is C17H26F2N2O. The maximum absolute atomic E-state index is 14.4. The molecule has 1 atom stereocenters. The highest BCUT2D eigenvalue weighted by Crippen LogP contribution is 2.33. The largest absolute Gasteiger partial charge is 0.497 e. The molecule has 5 heteroatoms. The highest BCUT2D eigenvalue weighted by Gasteiger charge is 2.27. The highest BCUT2D eigenvalue weighted by molar-refractivity contribution is 5.32. The molecule has 2 rings (SSSR count). The minimum atomic E-state index is -0.503. The van der Waals surface area contributed by atoms with Crippen molar-refractivity contribution in [3.63, 3.8) is 0 Å². The fourth-order valence-electron chi connectivity index (χ4n) is 3.09. The minimum absolute atomic E-state index is 0.193. The van der Waals surface area contributed by atoms with Crippen molar-refractivity contribution in [3.8, 4) is 5.75 Å². The standard InChI is InChI=1S/C17H26F2N2O/c1-3-4-5-6-16(21-9-7-20-8-10-21)17-14(18)11-13(22-2)12-15(17)19/h11-12,16,20H,3-10H2,1-2H3/t16-/m0/s1. The van der Waals surface area contributed by atoms with Crippen molar-refractivity contribution in [1.29, 1.82) is 0 Å². The molecule has 22 heavy (non-hydrogen) atoms. The molecule has 0 radical (unpaired) electrons. The van der Waals surface area contributed by atoms with Crippen LogP contribution in [-0.4, -0.2) is 38.2 Å². The summed E-state index contributed by atoms with van der Waals surface area (Å²) in [7, 11) is 1.42. The Bertz CT molecular complexity index is 453. The summed E-state index contributed by atoms with van der Waals surface area (Å²) in [6.07, 6.45) is 3.95. The van der Waals surface area contributed by atoms with Gasteiger partial charge in [0.25, 0.3) is 0 Å². The summed E-state index contributed by atoms with van der Waals surface area (Å²) in [5, 5.41) is 3.29. The molecule has 3 nitrogen and oxygen atoms in total. The average Bonchev–Trinajstić information content (AvgIpc) is 2.53. The van der Waals surface area contributed by atoms with Gasteiger partial charge in [-0.1, -0.05) is 26.2 Å². The van der Waals surface area contributed by atoms with E-state index >= 15 is 0 Å². The topological polar surface area (TPSA) is 24.5 Å². The van der Waals surface area contributed by atoms with Crippen molar-refractivity contribution in [2.75, 3.05) is 33.3 Å². The van der Waals surface area contributed by atoms with Gasteiger partial charge in [-0.2, -0.15) is 0 Å². The number of rotatable bonds is 7. The smallest absolute Gasteiger partial charge is 0.134 e. The third-order valence-corrected chi connectivity index (χ3v) is 4.29. The number of methoxy groups -OCH3 is 1. The Kier molecular flexibility index (Phi) is 6.58. The van der Waals surface area contributed by atoms with E-state index in [1.165, 1.54) is 19.2 Å². The zero-order valence-electron chi connectivity index (χ0n) is 13.5. The molecule has 1 aromatic carbocycles. The van der Waals surface area contributed by atoms with Crippen LogP contribution in [0.3, 0.4) is 0 Å². The summed E-state index contributed by atoms with van der Waals surface area (Å²) in [5.41, 5.74) is 0.193. The van der Waals surface area contributed by atoms with Gasteiger partial charge in [0.05, 0.1) is 7.11 Å². The van der Waals surface area contributed by atoms with Crippen LogP contribution in [0.2, 0.25) is 0 Å². The molecule has 1 saturated heterocycles. The van der Waals surface area contributed by atoms with E-state index in [1.54, 1.807) is 0 Å². The fourth-order valence-corrected chi connectivity index (χ4v) is 3.09. The summed E-state index contributed by atoms with van der Waals surface area (Å²) in [6.45, 7) is 5.51. The molecule has 0 bridgehead atoms. The van der Waals surface area contributed by atoms with Crippen LogP contribution in [0.15, 0.2) is 12.1 Å². The van der Waals surface area contributed by atoms with Crippen LogP contribution >= 0.6 is 0 Å². The number of piperazine rings is 1. The van der Waals surface area contributed by atoms with Crippen LogP contribution in [-0.2, 0) is 0 Å². The predicted molar refractivity (Wildman–Crippen MR) is 84.2 cm³/mol. The van der Waals surface area contributed by atoms with Gasteiger partial charge in [0.2, 0.25) is 0 Å². The molecule has 1 aliphatic heterocycles. The lowest BCUT2D eigenvalue weighted by Crippen LogP contribution is -2.45. The SMILES string of the molecule is CCCCC[C@@H](c1c(F)cc(OC)cc1F)N1CCNCC1. The van der Waals surface area contributed by atoms with E-state index < -0.39 is 11.6 Å². The number of hydrogen-bond acceptors (Lipinski definition) is 3. The van der Waals surface area contributed by atoms with Gasteiger partial charge in [0, 0.05) is 49.9 Å². The molecule has 0 unspecified atom stereocenters. The van der Waals surface area contributed by atoms with Crippen molar-refractivity contribution in [3.05, 3.63) is 29.3 Å². The Labute approximate surface area is 131 Å². The third kappa shape index (κ3) is 4.17. The number of halogens is 2. The summed E-state index contributed by atoms with van der Waals surface area (Å²) in [4.78, 5) is 2.19. The van der Waals surface area contributed by atoms with E-state index in [2.05, 4.69) is 17.1 Å². The number of hydrogen-bond donors (Lipinski definition) is 1. The lowest BCUT2D eigenvalue weighted by atomic mass is 9.97. The molecule has 0 aromatic heterocycles. The van der Waals surface area contributed by atoms with Gasteiger partial charge in [-0.05, 0) is 6.42 Å². The van der Waals surface area contributed by atoms with Gasteiger partial charge < -0.3 is 10.1 Å². The zero-order valence-corrected chi connectivity index (χ0v) is 13.5. The maximum atomic E-state index is 14.4. The molecule has 0 spiro atoms. The number of nitrogens with one attached hydrogen (secondary N) is 1. The van der Waals surface area contributed by atoms with Gasteiger partial charge in [-0.3, -0.25) is 4.90 Å². The Morgan fingerprint density at radius 2 is 1.82 bits per heavy atom. The van der Waals surface area contributed by atoms with E-state index in [4.69, 9.17) is 4.74 Å². The van der Waals surface area contributed by atoms with Crippen molar-refractivity contribution in [2.24, 2.45) is 0 Å². The van der Waals surface area contributed by atoms with Gasteiger partial charge in [0.1, 0.15) is 17.4 Å². The maximum Gasteiger partial charge on any atom is 0.134 e. The first kappa shape index (κ1) is 17.2. The summed E-state index contributed by atoms with van der Waals surface area (Å²) >= 11 is 0. The Morgan fingerprint density at radius 3 is 2.36 bits per heavy atom. The first-order chi connectivity index (χ1) is 10.7. The van der Waals surface area contributed by atoms with Crippen LogP contribution in [0, 0.1) is 11.6 Å². The number of benzene rings is 1. The predicted octanol–water partition coefficient (Wildman–Crippen LogP) is 3.50. The Hall–Kier alpha value is -1.20. The molecule has 0 amide bonds. The van der Waals surface area contributed by atoms with Crippen LogP contribution in [0.25, 0.3) is 0 Å². The van der Waals surface area contributed by atoms with E-state index in [0.29, 0.717) is 0 Å². The fraction of sp³-hybridized carbons (Fsp3) is 0.647.